The number of likely N-dealkylation sites (tertiary alicyclic amines) is 2. The van der Waals surface area contributed by atoms with E-state index in [1.54, 1.807) is 10.7 Å². The molecule has 1 saturated carbocycles. The number of aryl methyl sites for hydroxylation is 1. The number of amides is 2. The lowest BCUT2D eigenvalue weighted by atomic mass is 10.0. The quantitative estimate of drug-likeness (QED) is 0.638. The molecule has 2 saturated heterocycles. The third kappa shape index (κ3) is 6.82. The Bertz CT molecular complexity index is 1110. The number of hydrogen-bond donors (Lipinski definition) is 1. The number of aromatic nitrogens is 2. The highest BCUT2D eigenvalue weighted by atomic mass is 19.4. The minimum atomic E-state index is -4.76. The van der Waals surface area contributed by atoms with Crippen LogP contribution in [0.3, 0.4) is 0 Å². The van der Waals surface area contributed by atoms with Crippen LogP contribution >= 0.6 is 0 Å². The van der Waals surface area contributed by atoms with Crippen LogP contribution in [0.4, 0.5) is 13.2 Å². The Hall–Kier alpha value is -3.08. The predicted molar refractivity (Wildman–Crippen MR) is 132 cm³/mol. The summed E-state index contributed by atoms with van der Waals surface area (Å²) in [5, 5.41) is 4.60. The number of ether oxygens (including phenoxy) is 1. The summed E-state index contributed by atoms with van der Waals surface area (Å²) in [6, 6.07) is 6.34. The summed E-state index contributed by atoms with van der Waals surface area (Å²) in [4.78, 5) is 27.3. The van der Waals surface area contributed by atoms with Gasteiger partial charge in [-0.15, -0.1) is 13.2 Å². The fourth-order valence-corrected chi connectivity index (χ4v) is 5.25. The number of piperidine rings is 1. The zero-order valence-corrected chi connectivity index (χ0v) is 21.3. The summed E-state index contributed by atoms with van der Waals surface area (Å²) in [7, 11) is 0. The molecule has 5 rings (SSSR count). The van der Waals surface area contributed by atoms with Crippen molar-refractivity contribution in [2.45, 2.75) is 70.7 Å². The number of primary amides is 1. The van der Waals surface area contributed by atoms with E-state index in [9.17, 15) is 22.8 Å². The van der Waals surface area contributed by atoms with Gasteiger partial charge >= 0.3 is 6.36 Å². The van der Waals surface area contributed by atoms with Gasteiger partial charge < -0.3 is 20.3 Å². The number of alkyl halides is 3. The Morgan fingerprint density at radius 2 is 1.68 bits per heavy atom. The van der Waals surface area contributed by atoms with Crippen LogP contribution in [0.25, 0.3) is 5.69 Å². The standard InChI is InChI=1S/C24H29F3N4O2.C2H5NO/c1-16-21(23(32)30-13-9-18(10-14-30)29-11-2-3-12-29)22(17-7-8-17)31(28-16)19-5-4-6-20(15-19)33-24(25,26)27;1-2(3)4/h4-6,15,17-18H,2-3,7-14H2,1H3;1H3,(H2,3,4). The van der Waals surface area contributed by atoms with Gasteiger partial charge in [0, 0.05) is 38.0 Å². The highest BCUT2D eigenvalue weighted by Crippen LogP contribution is 2.44. The fourth-order valence-electron chi connectivity index (χ4n) is 5.25. The molecule has 2 aromatic rings. The van der Waals surface area contributed by atoms with Gasteiger partial charge in [0.2, 0.25) is 5.91 Å². The molecule has 0 bridgehead atoms. The topological polar surface area (TPSA) is 93.7 Å². The van der Waals surface area contributed by atoms with E-state index >= 15 is 0 Å². The molecule has 2 N–H and O–H groups in total. The molecule has 8 nitrogen and oxygen atoms in total. The molecule has 0 atom stereocenters. The van der Waals surface area contributed by atoms with Crippen LogP contribution in [-0.4, -0.2) is 70.0 Å². The third-order valence-corrected chi connectivity index (χ3v) is 6.98. The van der Waals surface area contributed by atoms with Crippen LogP contribution in [0.5, 0.6) is 5.75 Å². The van der Waals surface area contributed by atoms with Crippen LogP contribution in [-0.2, 0) is 4.79 Å². The molecule has 1 aromatic heterocycles. The van der Waals surface area contributed by atoms with Crippen molar-refractivity contribution >= 4 is 11.8 Å². The number of halogens is 3. The molecule has 202 valence electrons. The Morgan fingerprint density at radius 3 is 2.24 bits per heavy atom. The summed E-state index contributed by atoms with van der Waals surface area (Å²) in [6.45, 7) is 6.89. The highest BCUT2D eigenvalue weighted by Gasteiger charge is 2.37. The molecule has 0 radical (unpaired) electrons. The Kier molecular flexibility index (Phi) is 8.11. The number of nitrogens with two attached hydrogens (primary N) is 1. The minimum absolute atomic E-state index is 0.0109. The van der Waals surface area contributed by atoms with Crippen molar-refractivity contribution in [1.29, 1.82) is 0 Å². The van der Waals surface area contributed by atoms with Crippen molar-refractivity contribution in [1.82, 2.24) is 19.6 Å². The zero-order valence-electron chi connectivity index (χ0n) is 21.3. The molecule has 11 heteroatoms. The second-order valence-corrected chi connectivity index (χ2v) is 9.95. The van der Waals surface area contributed by atoms with E-state index in [4.69, 9.17) is 0 Å². The Morgan fingerprint density at radius 1 is 1.05 bits per heavy atom. The van der Waals surface area contributed by atoms with Crippen molar-refractivity contribution < 1.29 is 27.5 Å². The molecule has 0 unspecified atom stereocenters. The third-order valence-electron chi connectivity index (χ3n) is 6.98. The molecule has 2 aliphatic heterocycles. The largest absolute Gasteiger partial charge is 0.573 e. The lowest BCUT2D eigenvalue weighted by Crippen LogP contribution is -2.46. The number of hydrogen-bond acceptors (Lipinski definition) is 5. The molecule has 3 fully saturated rings. The molecular formula is C26H34F3N5O3. The van der Waals surface area contributed by atoms with Gasteiger partial charge in [-0.25, -0.2) is 4.68 Å². The van der Waals surface area contributed by atoms with E-state index < -0.39 is 6.36 Å². The molecule has 1 aromatic carbocycles. The molecule has 1 aliphatic carbocycles. The monoisotopic (exact) mass is 521 g/mol. The molecule has 2 amide bonds. The van der Waals surface area contributed by atoms with E-state index in [0.717, 1.165) is 57.6 Å². The van der Waals surface area contributed by atoms with Gasteiger partial charge in [0.15, 0.2) is 0 Å². The number of carbonyl (C=O) groups is 2. The van der Waals surface area contributed by atoms with Crippen molar-refractivity contribution in [2.75, 3.05) is 26.2 Å². The Labute approximate surface area is 214 Å². The van der Waals surface area contributed by atoms with E-state index in [2.05, 4.69) is 20.5 Å². The van der Waals surface area contributed by atoms with Gasteiger partial charge in [-0.3, -0.25) is 9.59 Å². The summed E-state index contributed by atoms with van der Waals surface area (Å²) >= 11 is 0. The summed E-state index contributed by atoms with van der Waals surface area (Å²) in [6.07, 6.45) is 1.61. The van der Waals surface area contributed by atoms with Crippen LogP contribution in [0, 0.1) is 6.92 Å². The number of rotatable bonds is 5. The summed E-state index contributed by atoms with van der Waals surface area (Å²) in [5.41, 5.74) is 6.97. The van der Waals surface area contributed by atoms with Gasteiger partial charge in [0.25, 0.3) is 5.91 Å². The smallest absolute Gasteiger partial charge is 0.406 e. The van der Waals surface area contributed by atoms with Gasteiger partial charge in [0.1, 0.15) is 5.75 Å². The average molecular weight is 522 g/mol. The first-order valence-electron chi connectivity index (χ1n) is 12.8. The zero-order chi connectivity index (χ0) is 26.7. The van der Waals surface area contributed by atoms with Crippen molar-refractivity contribution in [3.8, 4) is 11.4 Å². The van der Waals surface area contributed by atoms with E-state index in [1.807, 2.05) is 11.8 Å². The van der Waals surface area contributed by atoms with Gasteiger partial charge in [-0.2, -0.15) is 5.10 Å². The second-order valence-electron chi connectivity index (χ2n) is 9.95. The van der Waals surface area contributed by atoms with Crippen LogP contribution < -0.4 is 10.5 Å². The second kappa shape index (κ2) is 11.1. The first-order chi connectivity index (χ1) is 17.5. The van der Waals surface area contributed by atoms with Gasteiger partial charge in [-0.1, -0.05) is 6.07 Å². The normalized spacial score (nSPS) is 18.9. The number of benzene rings is 1. The molecule has 37 heavy (non-hydrogen) atoms. The van der Waals surface area contributed by atoms with Crippen molar-refractivity contribution in [2.24, 2.45) is 5.73 Å². The molecule has 3 heterocycles. The van der Waals surface area contributed by atoms with Crippen molar-refractivity contribution in [3.63, 3.8) is 0 Å². The summed E-state index contributed by atoms with van der Waals surface area (Å²) < 4.78 is 43.8. The van der Waals surface area contributed by atoms with E-state index in [-0.39, 0.29) is 23.5 Å². The first-order valence-corrected chi connectivity index (χ1v) is 12.8. The highest BCUT2D eigenvalue weighted by molar-refractivity contribution is 5.97. The number of carbonyl (C=O) groups excluding carboxylic acids is 2. The predicted octanol–water partition coefficient (Wildman–Crippen LogP) is 4.15. The van der Waals surface area contributed by atoms with Gasteiger partial charge in [0.05, 0.1) is 22.6 Å². The summed E-state index contributed by atoms with van der Waals surface area (Å²) in [5.74, 6) is -0.450. The molecular weight excluding hydrogens is 487 g/mol. The van der Waals surface area contributed by atoms with E-state index in [0.29, 0.717) is 23.0 Å². The maximum absolute atomic E-state index is 13.6. The van der Waals surface area contributed by atoms with Gasteiger partial charge in [-0.05, 0) is 70.7 Å². The van der Waals surface area contributed by atoms with Crippen LogP contribution in [0.1, 0.15) is 73.1 Å². The lowest BCUT2D eigenvalue weighted by molar-refractivity contribution is -0.274. The SMILES string of the molecule is CC(N)=O.Cc1nn(-c2cccc(OC(F)(F)F)c2)c(C2CC2)c1C(=O)N1CCC(N2CCCC2)CC1. The van der Waals surface area contributed by atoms with Crippen LogP contribution in [0.15, 0.2) is 24.3 Å². The lowest BCUT2D eigenvalue weighted by Gasteiger charge is -2.36. The maximum atomic E-state index is 13.6. The van der Waals surface area contributed by atoms with Crippen molar-refractivity contribution in [3.05, 3.63) is 41.2 Å². The number of nitrogens with zero attached hydrogens (tertiary/aromatic N) is 4. The first kappa shape index (κ1) is 27.0. The average Bonchev–Trinajstić information content (AvgIpc) is 3.39. The van der Waals surface area contributed by atoms with Crippen LogP contribution in [0.2, 0.25) is 0 Å². The molecule has 3 aliphatic rings. The Balaban J connectivity index is 0.000000747. The molecule has 0 spiro atoms. The maximum Gasteiger partial charge on any atom is 0.573 e. The fraction of sp³-hybridized carbons (Fsp3) is 0.577. The minimum Gasteiger partial charge on any atom is -0.406 e. The van der Waals surface area contributed by atoms with E-state index in [1.165, 1.54) is 38.0 Å².